The molecule has 32 heavy (non-hydrogen) atoms. The highest BCUT2D eigenvalue weighted by atomic mass is 16.5. The standard InChI is InChI=1S/C29H46N2O/c1-3-5-7-9-11-12-14-16-18-26-24-30-29(31-25-26)27-19-21-28(22-20-27)32-23-17-15-13-10-8-6-4-2/h19-22,24-25H,3-18,23H2,1-2H3. The maximum Gasteiger partial charge on any atom is 0.159 e. The lowest BCUT2D eigenvalue weighted by molar-refractivity contribution is 0.304. The van der Waals surface area contributed by atoms with Crippen molar-refractivity contribution in [1.29, 1.82) is 0 Å². The Hall–Kier alpha value is -1.90. The maximum atomic E-state index is 5.89. The predicted octanol–water partition coefficient (Wildman–Crippen LogP) is 8.96. The molecule has 0 bridgehead atoms. The van der Waals surface area contributed by atoms with Gasteiger partial charge in [0.1, 0.15) is 5.75 Å². The van der Waals surface area contributed by atoms with Crippen molar-refractivity contribution in [2.24, 2.45) is 0 Å². The molecule has 0 N–H and O–H groups in total. The van der Waals surface area contributed by atoms with Crippen molar-refractivity contribution in [2.45, 2.75) is 117 Å². The van der Waals surface area contributed by atoms with Gasteiger partial charge in [-0.2, -0.15) is 0 Å². The molecule has 1 aromatic heterocycles. The molecule has 0 saturated carbocycles. The van der Waals surface area contributed by atoms with Crippen LogP contribution in [-0.2, 0) is 6.42 Å². The molecule has 3 nitrogen and oxygen atoms in total. The van der Waals surface area contributed by atoms with Crippen LogP contribution in [0.4, 0.5) is 0 Å². The molecule has 1 aromatic carbocycles. The Morgan fingerprint density at radius 3 is 1.66 bits per heavy atom. The van der Waals surface area contributed by atoms with Crippen LogP contribution in [0.15, 0.2) is 36.7 Å². The number of aromatic nitrogens is 2. The molecular weight excluding hydrogens is 392 g/mol. The fraction of sp³-hybridized carbons (Fsp3) is 0.655. The SMILES string of the molecule is CCCCCCCCCCc1cnc(-c2ccc(OCCCCCCCCC)cc2)nc1. The van der Waals surface area contributed by atoms with E-state index in [1.807, 2.05) is 24.5 Å². The summed E-state index contributed by atoms with van der Waals surface area (Å²) in [7, 11) is 0. The largest absolute Gasteiger partial charge is 0.494 e. The van der Waals surface area contributed by atoms with E-state index in [4.69, 9.17) is 4.74 Å². The van der Waals surface area contributed by atoms with Crippen molar-refractivity contribution >= 4 is 0 Å². The lowest BCUT2D eigenvalue weighted by Gasteiger charge is -2.07. The summed E-state index contributed by atoms with van der Waals surface area (Å²) < 4.78 is 5.89. The second-order valence-electron chi connectivity index (χ2n) is 9.13. The molecule has 0 saturated heterocycles. The fourth-order valence-electron chi connectivity index (χ4n) is 4.05. The molecule has 0 amide bonds. The van der Waals surface area contributed by atoms with Gasteiger partial charge in [0.2, 0.25) is 0 Å². The first kappa shape index (κ1) is 26.4. The Morgan fingerprint density at radius 1 is 0.594 bits per heavy atom. The highest BCUT2D eigenvalue weighted by Crippen LogP contribution is 2.20. The Morgan fingerprint density at radius 2 is 1.09 bits per heavy atom. The molecule has 0 radical (unpaired) electrons. The Kier molecular flexibility index (Phi) is 14.5. The highest BCUT2D eigenvalue weighted by Gasteiger charge is 2.03. The zero-order valence-corrected chi connectivity index (χ0v) is 20.8. The molecule has 2 aromatic rings. The molecule has 0 unspecified atom stereocenters. The topological polar surface area (TPSA) is 35.0 Å². The third-order valence-corrected chi connectivity index (χ3v) is 6.15. The summed E-state index contributed by atoms with van der Waals surface area (Å²) in [6.45, 7) is 5.34. The number of rotatable bonds is 19. The summed E-state index contributed by atoms with van der Waals surface area (Å²) in [5, 5.41) is 0. The van der Waals surface area contributed by atoms with E-state index < -0.39 is 0 Å². The Balaban J connectivity index is 1.61. The maximum absolute atomic E-state index is 5.89. The van der Waals surface area contributed by atoms with Gasteiger partial charge in [-0.05, 0) is 49.1 Å². The molecule has 0 fully saturated rings. The quantitative estimate of drug-likeness (QED) is 0.205. The lowest BCUT2D eigenvalue weighted by Crippen LogP contribution is -1.97. The number of ether oxygens (including phenoxy) is 1. The first-order valence-corrected chi connectivity index (χ1v) is 13.4. The van der Waals surface area contributed by atoms with E-state index in [-0.39, 0.29) is 0 Å². The molecule has 0 spiro atoms. The van der Waals surface area contributed by atoms with E-state index in [1.165, 1.54) is 95.5 Å². The van der Waals surface area contributed by atoms with Gasteiger partial charge in [0.25, 0.3) is 0 Å². The van der Waals surface area contributed by atoms with Crippen molar-refractivity contribution < 1.29 is 4.74 Å². The number of hydrogen-bond acceptors (Lipinski definition) is 3. The number of hydrogen-bond donors (Lipinski definition) is 0. The molecule has 178 valence electrons. The van der Waals surface area contributed by atoms with Crippen molar-refractivity contribution in [3.63, 3.8) is 0 Å². The van der Waals surface area contributed by atoms with Crippen LogP contribution in [-0.4, -0.2) is 16.6 Å². The van der Waals surface area contributed by atoms with Crippen LogP contribution in [0.1, 0.15) is 116 Å². The van der Waals surface area contributed by atoms with Gasteiger partial charge in [-0.3, -0.25) is 0 Å². The van der Waals surface area contributed by atoms with Gasteiger partial charge in [0.15, 0.2) is 5.82 Å². The van der Waals surface area contributed by atoms with Crippen molar-refractivity contribution in [3.8, 4) is 17.1 Å². The molecular formula is C29H46N2O. The molecule has 3 heteroatoms. The molecule has 0 aliphatic rings. The summed E-state index contributed by atoms with van der Waals surface area (Å²) in [4.78, 5) is 9.19. The smallest absolute Gasteiger partial charge is 0.159 e. The van der Waals surface area contributed by atoms with Crippen LogP contribution >= 0.6 is 0 Å². The second-order valence-corrected chi connectivity index (χ2v) is 9.13. The summed E-state index contributed by atoms with van der Waals surface area (Å²) in [6.07, 6.45) is 25.0. The normalized spacial score (nSPS) is 11.1. The molecule has 1 heterocycles. The third kappa shape index (κ3) is 11.6. The van der Waals surface area contributed by atoms with Crippen LogP contribution in [0.25, 0.3) is 11.4 Å². The molecule has 0 atom stereocenters. The molecule has 0 aliphatic carbocycles. The lowest BCUT2D eigenvalue weighted by atomic mass is 10.1. The summed E-state index contributed by atoms with van der Waals surface area (Å²) >= 11 is 0. The average molecular weight is 439 g/mol. The van der Waals surface area contributed by atoms with Gasteiger partial charge in [-0.25, -0.2) is 9.97 Å². The average Bonchev–Trinajstić information content (AvgIpc) is 2.83. The zero-order chi connectivity index (χ0) is 22.7. The van der Waals surface area contributed by atoms with Crippen molar-refractivity contribution in [3.05, 3.63) is 42.2 Å². The Labute approximate surface area is 197 Å². The summed E-state index contributed by atoms with van der Waals surface area (Å²) in [6, 6.07) is 8.20. The third-order valence-electron chi connectivity index (χ3n) is 6.15. The number of aryl methyl sites for hydroxylation is 1. The number of benzene rings is 1. The van der Waals surface area contributed by atoms with Crippen molar-refractivity contribution in [1.82, 2.24) is 9.97 Å². The van der Waals surface area contributed by atoms with Crippen molar-refractivity contribution in [2.75, 3.05) is 6.61 Å². The van der Waals surface area contributed by atoms with Gasteiger partial charge >= 0.3 is 0 Å². The summed E-state index contributed by atoms with van der Waals surface area (Å²) in [5.74, 6) is 1.73. The van der Waals surface area contributed by atoms with Gasteiger partial charge in [0.05, 0.1) is 6.61 Å². The van der Waals surface area contributed by atoms with Gasteiger partial charge < -0.3 is 4.74 Å². The van der Waals surface area contributed by atoms with Crippen LogP contribution in [0.2, 0.25) is 0 Å². The fourth-order valence-corrected chi connectivity index (χ4v) is 4.05. The van der Waals surface area contributed by atoms with E-state index in [2.05, 4.69) is 35.9 Å². The van der Waals surface area contributed by atoms with E-state index in [0.717, 1.165) is 36.6 Å². The van der Waals surface area contributed by atoms with Gasteiger partial charge in [0, 0.05) is 18.0 Å². The zero-order valence-electron chi connectivity index (χ0n) is 20.8. The Bertz CT molecular complexity index is 620. The van der Waals surface area contributed by atoms with Crippen LogP contribution in [0.5, 0.6) is 5.75 Å². The first-order valence-electron chi connectivity index (χ1n) is 13.4. The van der Waals surface area contributed by atoms with E-state index in [9.17, 15) is 0 Å². The molecule has 0 aliphatic heterocycles. The minimum atomic E-state index is 0.795. The van der Waals surface area contributed by atoms with Crippen LogP contribution in [0.3, 0.4) is 0 Å². The van der Waals surface area contributed by atoms with E-state index in [1.54, 1.807) is 0 Å². The number of unbranched alkanes of at least 4 members (excludes halogenated alkanes) is 13. The highest BCUT2D eigenvalue weighted by molar-refractivity contribution is 5.55. The van der Waals surface area contributed by atoms with Gasteiger partial charge in [-0.1, -0.05) is 97.3 Å². The van der Waals surface area contributed by atoms with Gasteiger partial charge in [-0.15, -0.1) is 0 Å². The van der Waals surface area contributed by atoms with Crippen LogP contribution in [0, 0.1) is 0 Å². The second kappa shape index (κ2) is 17.6. The van der Waals surface area contributed by atoms with Crippen LogP contribution < -0.4 is 4.74 Å². The predicted molar refractivity (Wildman–Crippen MR) is 137 cm³/mol. The van der Waals surface area contributed by atoms with E-state index in [0.29, 0.717) is 0 Å². The van der Waals surface area contributed by atoms with E-state index >= 15 is 0 Å². The minimum absolute atomic E-state index is 0.795. The monoisotopic (exact) mass is 438 g/mol. The summed E-state index contributed by atoms with van der Waals surface area (Å²) in [5.41, 5.74) is 2.29. The minimum Gasteiger partial charge on any atom is -0.494 e. The molecule has 2 rings (SSSR count). The first-order chi connectivity index (χ1) is 15.8. The number of nitrogens with zero attached hydrogens (tertiary/aromatic N) is 2.